The Labute approximate surface area is 516 Å². The predicted molar refractivity (Wildman–Crippen MR) is 312 cm³/mol. The molecule has 11 N–H and O–H groups in total. The number of carboxylic acid groups (broad SMARTS) is 1. The van der Waals surface area contributed by atoms with E-state index in [0.29, 0.717) is 56.8 Å². The average Bonchev–Trinajstić information content (AvgIpc) is 1.58. The van der Waals surface area contributed by atoms with Gasteiger partial charge in [0.25, 0.3) is 0 Å². The van der Waals surface area contributed by atoms with Crippen molar-refractivity contribution >= 4 is 46.6 Å². The van der Waals surface area contributed by atoms with Crippen LogP contribution in [0.1, 0.15) is 137 Å². The van der Waals surface area contributed by atoms with Crippen LogP contribution in [0.2, 0.25) is 0 Å². The number of carboxylic acids is 1. The third-order valence-corrected chi connectivity index (χ3v) is 22.9. The summed E-state index contributed by atoms with van der Waals surface area (Å²) in [6.45, 7) is 10.3. The third-order valence-electron chi connectivity index (χ3n) is 21.8. The number of cyclic esters (lactones) is 1. The van der Waals surface area contributed by atoms with Crippen LogP contribution in [0, 0.1) is 34.5 Å². The van der Waals surface area contributed by atoms with Crippen LogP contribution >= 0.6 is 11.8 Å². The number of hydrogen-bond acceptors (Lipinski definition) is 24. The molecule has 5 unspecified atom stereocenters. The van der Waals surface area contributed by atoms with Gasteiger partial charge < -0.3 is 94.5 Å². The van der Waals surface area contributed by atoms with Gasteiger partial charge in [-0.3, -0.25) is 14.2 Å². The van der Waals surface area contributed by atoms with Crippen LogP contribution in [0.25, 0.3) is 11.2 Å². The molecule has 4 saturated heterocycles. The van der Waals surface area contributed by atoms with Gasteiger partial charge in [0.1, 0.15) is 61.7 Å². The van der Waals surface area contributed by atoms with Crippen LogP contribution < -0.4 is 11.1 Å². The molecule has 4 aliphatic carbocycles. The Morgan fingerprint density at radius 3 is 2.31 bits per heavy atom. The van der Waals surface area contributed by atoms with Gasteiger partial charge >= 0.3 is 11.9 Å². The lowest BCUT2D eigenvalue weighted by Gasteiger charge is -2.65. The second-order valence-electron chi connectivity index (χ2n) is 26.9. The number of thioether (sulfide) groups is 1. The van der Waals surface area contributed by atoms with Crippen molar-refractivity contribution < 1.29 is 97.9 Å². The van der Waals surface area contributed by atoms with E-state index in [2.05, 4.69) is 27.2 Å². The summed E-state index contributed by atoms with van der Waals surface area (Å²) in [5.74, 6) is -0.478. The Balaban J connectivity index is 0.585. The van der Waals surface area contributed by atoms with Crippen molar-refractivity contribution in [2.24, 2.45) is 40.2 Å². The van der Waals surface area contributed by atoms with Crippen LogP contribution in [-0.4, -0.2) is 225 Å². The topological polar surface area (TPSA) is 378 Å². The average molecular weight is 1260 g/mol. The minimum atomic E-state index is -1.32. The molecule has 5 aliphatic heterocycles. The molecular weight excluding hydrogens is 1170 g/mol. The number of aliphatic hydroxyl groups excluding tert-OH is 6. The van der Waals surface area contributed by atoms with Gasteiger partial charge in [-0.15, -0.1) is 0 Å². The number of aromatic nitrogens is 4. The Morgan fingerprint density at radius 2 is 1.58 bits per heavy atom. The van der Waals surface area contributed by atoms with Crippen LogP contribution in [-0.2, 0) is 57.0 Å². The molecule has 88 heavy (non-hydrogen) atoms. The summed E-state index contributed by atoms with van der Waals surface area (Å²) >= 11 is 1.35. The number of carbonyl (C=O) groups is 3. The van der Waals surface area contributed by atoms with E-state index in [1.54, 1.807) is 19.9 Å². The lowest BCUT2D eigenvalue weighted by atomic mass is 9.42. The summed E-state index contributed by atoms with van der Waals surface area (Å²) in [4.78, 5) is 49.0. The van der Waals surface area contributed by atoms with Gasteiger partial charge in [0.2, 0.25) is 5.91 Å². The number of nitrogens with one attached hydrogen (secondary N) is 1. The van der Waals surface area contributed by atoms with Crippen molar-refractivity contribution in [2.75, 3.05) is 36.6 Å². The van der Waals surface area contributed by atoms with Crippen LogP contribution in [0.4, 0.5) is 5.82 Å². The Kier molecular flexibility index (Phi) is 20.3. The van der Waals surface area contributed by atoms with E-state index < -0.39 is 127 Å². The fourth-order valence-electron chi connectivity index (χ4n) is 16.7. The van der Waals surface area contributed by atoms with E-state index in [4.69, 9.17) is 53.5 Å². The highest BCUT2D eigenvalue weighted by Crippen LogP contribution is 2.70. The maximum Gasteiger partial charge on any atom is 0.331 e. The Bertz CT molecular complexity index is 2780. The number of anilines is 1. The summed E-state index contributed by atoms with van der Waals surface area (Å²) in [6, 6.07) is -0.996. The number of rotatable bonds is 22. The maximum absolute atomic E-state index is 13.1. The molecule has 8 fully saturated rings. The zero-order chi connectivity index (χ0) is 62.6. The van der Waals surface area contributed by atoms with Crippen LogP contribution in [0.3, 0.4) is 0 Å². The quantitative estimate of drug-likeness (QED) is 0.0459. The summed E-state index contributed by atoms with van der Waals surface area (Å²) in [6.07, 6.45) is -1.98. The molecule has 2 aromatic rings. The van der Waals surface area contributed by atoms with Crippen molar-refractivity contribution in [3.63, 3.8) is 0 Å². The van der Waals surface area contributed by atoms with Crippen molar-refractivity contribution in [1.29, 1.82) is 0 Å². The highest BCUT2D eigenvalue weighted by Gasteiger charge is 2.71. The SMILES string of the molecule is C[C@H]1OCC(O[C@H]2[C@@H](O)CC(O[C@@H]3CC[C@@]4(C)[C@H](CCC5[C@@H]4C[C@@H](O)[C@]4(C)[C@@H](C6=CC(=O)OC6)CC[C@]54O)C3)O[C@@H]2C)[C@H](O)[C@@H]1OC1C[C@H](O)[C@H](OCCCCCC(=O)Nc2ncnc3c2ncn3C2O[C@H](CSCC[C@H](N)C(=O)O)[C@@H](O)[C@H]2O)[C@@H](C)O1. The summed E-state index contributed by atoms with van der Waals surface area (Å²) in [5, 5.41) is 92.7. The maximum atomic E-state index is 13.1. The lowest BCUT2D eigenvalue weighted by molar-refractivity contribution is -0.319. The first-order valence-electron chi connectivity index (χ1n) is 31.9. The number of ether oxygens (including phenoxy) is 9. The van der Waals surface area contributed by atoms with E-state index in [0.717, 1.165) is 37.7 Å². The predicted octanol–water partition coefficient (Wildman–Crippen LogP) is 2.39. The molecule has 0 radical (unpaired) electrons. The molecule has 4 saturated carbocycles. The molecule has 2 aromatic heterocycles. The van der Waals surface area contributed by atoms with Gasteiger partial charge in [0.05, 0.1) is 67.4 Å². The minimum absolute atomic E-state index is 0.0405. The fraction of sp³-hybridized carbons (Fsp3) is 0.836. The first-order chi connectivity index (χ1) is 42.0. The van der Waals surface area contributed by atoms with E-state index >= 15 is 0 Å². The second kappa shape index (κ2) is 27.2. The van der Waals surface area contributed by atoms with Gasteiger partial charge in [-0.1, -0.05) is 20.3 Å². The molecule has 7 heterocycles. The number of nitrogens with zero attached hydrogens (tertiary/aromatic N) is 4. The first-order valence-corrected chi connectivity index (χ1v) is 33.0. The van der Waals surface area contributed by atoms with E-state index in [-0.39, 0.29) is 103 Å². The number of fused-ring (bicyclic) bond motifs is 6. The number of esters is 1. The van der Waals surface area contributed by atoms with Gasteiger partial charge in [-0.2, -0.15) is 11.8 Å². The lowest BCUT2D eigenvalue weighted by Crippen LogP contribution is -2.67. The largest absolute Gasteiger partial charge is 0.480 e. The minimum Gasteiger partial charge on any atom is -0.480 e. The van der Waals surface area contributed by atoms with Gasteiger partial charge in [-0.25, -0.2) is 19.7 Å². The molecule has 1 amide bonds. The number of imidazole rings is 1. The van der Waals surface area contributed by atoms with Gasteiger partial charge in [0, 0.05) is 43.1 Å². The number of amides is 1. The number of aliphatic hydroxyl groups is 7. The van der Waals surface area contributed by atoms with Crippen molar-refractivity contribution in [2.45, 2.75) is 253 Å². The molecule has 27 heteroatoms. The molecule has 0 bridgehead atoms. The highest BCUT2D eigenvalue weighted by molar-refractivity contribution is 7.99. The molecular formula is C61H92N6O20S. The van der Waals surface area contributed by atoms with Crippen molar-refractivity contribution in [3.05, 3.63) is 24.3 Å². The summed E-state index contributed by atoms with van der Waals surface area (Å²) in [5.41, 5.74) is 5.09. The van der Waals surface area contributed by atoms with E-state index in [1.165, 1.54) is 29.0 Å². The van der Waals surface area contributed by atoms with Crippen molar-refractivity contribution in [3.8, 4) is 0 Å². The number of hydrogen-bond donors (Lipinski definition) is 10. The normalized spacial score (nSPS) is 43.8. The van der Waals surface area contributed by atoms with E-state index in [1.807, 2.05) is 13.8 Å². The zero-order valence-corrected chi connectivity index (χ0v) is 51.7. The standard InChI is InChI=1S/C61H92N6O20S/c1-29-54(87-47-22-39(68)52(30(2)82-47)79-17-8-6-7-9-44(71)66-55-48-56(64-27-63-55)67(28-65-48)57-51(75)49(73)42(86-57)26-88-18-14-38(62)58(76)77)50(74)41(25-80-29)85-53-31(3)83-46(23-40(53)69)84-34-12-15-59(4)33(20-34)10-11-36-37(59)21-43(70)60(5)35(13-16-61(36,60)78)32-19-45(72)81-24-32/h19,27-31,33-43,46-47,49-54,57,68-70,73-75,78H,6-18,20-26,62H2,1-5H3,(H,76,77)(H,63,64,66,71)/t29-,30-,31-,33-,34-,35-,36?,37+,38+,39+,40+,41?,42-,43-,46?,47?,49-,50+,51-,52-,53-,54-,57?,59+,60+,61+/m1/s1. The Hall–Kier alpha value is -3.59. The number of nitrogens with two attached hydrogens (primary N) is 1. The smallest absolute Gasteiger partial charge is 0.331 e. The number of carbonyl (C=O) groups excluding carboxylic acids is 2. The third kappa shape index (κ3) is 12.9. The van der Waals surface area contributed by atoms with Gasteiger partial charge in [-0.05, 0) is 132 Å². The van der Waals surface area contributed by atoms with Gasteiger partial charge in [0.15, 0.2) is 35.8 Å². The summed E-state index contributed by atoms with van der Waals surface area (Å²) < 4.78 is 56.9. The molecule has 9 aliphatic rings. The van der Waals surface area contributed by atoms with Crippen LogP contribution in [0.15, 0.2) is 24.3 Å². The molecule has 0 spiro atoms. The second-order valence-corrected chi connectivity index (χ2v) is 28.1. The monoisotopic (exact) mass is 1260 g/mol. The Morgan fingerprint density at radius 1 is 0.830 bits per heavy atom. The van der Waals surface area contributed by atoms with Crippen molar-refractivity contribution in [1.82, 2.24) is 19.5 Å². The fourth-order valence-corrected chi connectivity index (χ4v) is 17.8. The summed E-state index contributed by atoms with van der Waals surface area (Å²) in [7, 11) is 0. The molecule has 26 atom stereocenters. The molecule has 11 rings (SSSR count). The zero-order valence-electron chi connectivity index (χ0n) is 50.9. The van der Waals surface area contributed by atoms with Crippen LogP contribution in [0.5, 0.6) is 0 Å². The molecule has 26 nitrogen and oxygen atoms in total. The molecule has 0 aromatic carbocycles. The number of unbranched alkanes of at least 4 members (excludes halogenated alkanes) is 2. The highest BCUT2D eigenvalue weighted by atomic mass is 32.2. The first kappa shape index (κ1) is 65.9. The number of aliphatic carboxylic acids is 1. The molecule has 492 valence electrons. The van der Waals surface area contributed by atoms with E-state index in [9.17, 15) is 50.1 Å².